The molecule has 0 saturated carbocycles. The van der Waals surface area contributed by atoms with Crippen LogP contribution in [-0.2, 0) is 9.59 Å². The summed E-state index contributed by atoms with van der Waals surface area (Å²) in [5, 5.41) is 11.8. The number of hydrogen-bond acceptors (Lipinski definition) is 5. The summed E-state index contributed by atoms with van der Waals surface area (Å²) in [6.45, 7) is 1.41. The highest BCUT2D eigenvalue weighted by Crippen LogP contribution is 2.31. The zero-order chi connectivity index (χ0) is 17.1. The number of amides is 2. The number of nitrogens with one attached hydrogen (secondary N) is 1. The van der Waals surface area contributed by atoms with E-state index in [1.807, 2.05) is 0 Å². The van der Waals surface area contributed by atoms with Gasteiger partial charge in [-0.3, -0.25) is 14.5 Å². The van der Waals surface area contributed by atoms with Gasteiger partial charge in [-0.15, -0.1) is 0 Å². The highest BCUT2D eigenvalue weighted by atomic mass is 19.1. The molecule has 0 unspecified atom stereocenters. The van der Waals surface area contributed by atoms with Crippen molar-refractivity contribution in [1.29, 1.82) is 0 Å². The number of β-amino-alcohol motifs (C(OH)–C–C–N with tert-alkyl or cyclic N) is 1. The van der Waals surface area contributed by atoms with Gasteiger partial charge in [0.05, 0.1) is 24.5 Å². The molecule has 0 aromatic heterocycles. The van der Waals surface area contributed by atoms with Crippen LogP contribution < -0.4 is 10.2 Å². The Bertz CT molecular complexity index is 684. The third-order valence-corrected chi connectivity index (χ3v) is 4.26. The van der Waals surface area contributed by atoms with Crippen LogP contribution in [0, 0.1) is 5.82 Å². The maximum absolute atomic E-state index is 13.7. The quantitative estimate of drug-likeness (QED) is 0.799. The molecule has 1 saturated heterocycles. The van der Waals surface area contributed by atoms with Gasteiger partial charge in [-0.25, -0.2) is 4.39 Å². The van der Waals surface area contributed by atoms with E-state index in [0.717, 1.165) is 36.5 Å². The molecule has 2 aliphatic heterocycles. The lowest BCUT2D eigenvalue weighted by Gasteiger charge is -2.30. The van der Waals surface area contributed by atoms with Gasteiger partial charge >= 0.3 is 0 Å². The number of benzene rings is 1. The molecule has 2 heterocycles. The molecule has 2 amide bonds. The topological polar surface area (TPSA) is 72.9 Å². The Hall–Kier alpha value is -2.41. The van der Waals surface area contributed by atoms with Gasteiger partial charge in [0.1, 0.15) is 11.5 Å². The summed E-state index contributed by atoms with van der Waals surface area (Å²) >= 11 is 0. The molecule has 128 valence electrons. The molecule has 1 fully saturated rings. The Morgan fingerprint density at radius 2 is 1.92 bits per heavy atom. The molecule has 0 bridgehead atoms. The Morgan fingerprint density at radius 3 is 2.62 bits per heavy atom. The van der Waals surface area contributed by atoms with E-state index in [1.165, 1.54) is 24.6 Å². The number of anilines is 2. The number of hydrogen-bond donors (Lipinski definition) is 2. The van der Waals surface area contributed by atoms with Gasteiger partial charge in [0.15, 0.2) is 0 Å². The Labute approximate surface area is 139 Å². The number of imide groups is 1. The number of nitrogens with zero attached hydrogens (tertiary/aromatic N) is 2. The maximum atomic E-state index is 13.7. The monoisotopic (exact) mass is 333 g/mol. The van der Waals surface area contributed by atoms with E-state index in [2.05, 4.69) is 10.2 Å². The summed E-state index contributed by atoms with van der Waals surface area (Å²) in [7, 11) is 0. The minimum absolute atomic E-state index is 0.0541. The van der Waals surface area contributed by atoms with Gasteiger partial charge in [-0.05, 0) is 37.5 Å². The minimum atomic E-state index is -0.511. The summed E-state index contributed by atoms with van der Waals surface area (Å²) in [4.78, 5) is 27.2. The summed E-state index contributed by atoms with van der Waals surface area (Å²) in [6, 6.07) is 4.41. The van der Waals surface area contributed by atoms with E-state index in [-0.39, 0.29) is 18.8 Å². The summed E-state index contributed by atoms with van der Waals surface area (Å²) in [5.41, 5.74) is 1.38. The van der Waals surface area contributed by atoms with Crippen molar-refractivity contribution in [3.8, 4) is 0 Å². The van der Waals surface area contributed by atoms with Crippen molar-refractivity contribution >= 4 is 23.2 Å². The van der Waals surface area contributed by atoms with Gasteiger partial charge in [-0.1, -0.05) is 0 Å². The lowest BCUT2D eigenvalue weighted by atomic mass is 10.1. The summed E-state index contributed by atoms with van der Waals surface area (Å²) < 4.78 is 13.7. The second-order valence-electron chi connectivity index (χ2n) is 5.91. The molecule has 3 rings (SSSR count). The third kappa shape index (κ3) is 3.26. The predicted octanol–water partition coefficient (Wildman–Crippen LogP) is 1.47. The van der Waals surface area contributed by atoms with Gasteiger partial charge in [0.25, 0.3) is 11.8 Å². The fourth-order valence-corrected chi connectivity index (χ4v) is 3.07. The SMILES string of the molecule is O=C1C=C(Nc2cc(F)ccc2N2CCCCC2)C(=O)N1CCO. The largest absolute Gasteiger partial charge is 0.395 e. The first kappa shape index (κ1) is 16.4. The number of piperidine rings is 1. The first-order chi connectivity index (χ1) is 11.6. The third-order valence-electron chi connectivity index (χ3n) is 4.26. The van der Waals surface area contributed by atoms with E-state index < -0.39 is 17.6 Å². The van der Waals surface area contributed by atoms with Gasteiger partial charge in [-0.2, -0.15) is 0 Å². The second kappa shape index (κ2) is 7.00. The van der Waals surface area contributed by atoms with Crippen molar-refractivity contribution in [1.82, 2.24) is 4.90 Å². The highest BCUT2D eigenvalue weighted by Gasteiger charge is 2.31. The molecule has 0 atom stereocenters. The zero-order valence-electron chi connectivity index (χ0n) is 13.3. The first-order valence-electron chi connectivity index (χ1n) is 8.10. The van der Waals surface area contributed by atoms with Crippen LogP contribution in [0.15, 0.2) is 30.0 Å². The van der Waals surface area contributed by atoms with E-state index in [9.17, 15) is 14.0 Å². The molecule has 0 aliphatic carbocycles. The molecule has 2 N–H and O–H groups in total. The van der Waals surface area contributed by atoms with Crippen molar-refractivity contribution in [2.24, 2.45) is 0 Å². The molecule has 0 spiro atoms. The molecule has 24 heavy (non-hydrogen) atoms. The van der Waals surface area contributed by atoms with Crippen LogP contribution in [0.4, 0.5) is 15.8 Å². The van der Waals surface area contributed by atoms with Crippen LogP contribution >= 0.6 is 0 Å². The van der Waals surface area contributed by atoms with Gasteiger partial charge in [0, 0.05) is 19.2 Å². The van der Waals surface area contributed by atoms with Crippen LogP contribution in [-0.4, -0.2) is 48.1 Å². The van der Waals surface area contributed by atoms with Crippen LogP contribution in [0.5, 0.6) is 0 Å². The van der Waals surface area contributed by atoms with Crippen molar-refractivity contribution in [2.45, 2.75) is 19.3 Å². The second-order valence-corrected chi connectivity index (χ2v) is 5.91. The number of aliphatic hydroxyl groups excluding tert-OH is 1. The average Bonchev–Trinajstić information content (AvgIpc) is 2.84. The summed E-state index contributed by atoms with van der Waals surface area (Å²) in [6.07, 6.45) is 4.50. The molecular formula is C17H20FN3O3. The van der Waals surface area contributed by atoms with Crippen LogP contribution in [0.2, 0.25) is 0 Å². The maximum Gasteiger partial charge on any atom is 0.277 e. The van der Waals surface area contributed by atoms with Crippen molar-refractivity contribution in [3.05, 3.63) is 35.8 Å². The molecule has 1 aromatic rings. The zero-order valence-corrected chi connectivity index (χ0v) is 13.3. The fraction of sp³-hybridized carbons (Fsp3) is 0.412. The molecule has 0 radical (unpaired) electrons. The normalized spacial score (nSPS) is 18.2. The van der Waals surface area contributed by atoms with E-state index in [4.69, 9.17) is 5.11 Å². The highest BCUT2D eigenvalue weighted by molar-refractivity contribution is 6.17. The number of halogens is 1. The van der Waals surface area contributed by atoms with Crippen molar-refractivity contribution in [2.75, 3.05) is 36.5 Å². The molecule has 6 nitrogen and oxygen atoms in total. The Morgan fingerprint density at radius 1 is 1.17 bits per heavy atom. The van der Waals surface area contributed by atoms with E-state index in [0.29, 0.717) is 5.69 Å². The number of carbonyl (C=O) groups is 2. The van der Waals surface area contributed by atoms with Gasteiger partial charge in [0.2, 0.25) is 0 Å². The molecular weight excluding hydrogens is 313 g/mol. The fourth-order valence-electron chi connectivity index (χ4n) is 3.07. The molecule has 2 aliphatic rings. The van der Waals surface area contributed by atoms with Crippen molar-refractivity contribution in [3.63, 3.8) is 0 Å². The summed E-state index contributed by atoms with van der Waals surface area (Å²) in [5.74, 6) is -1.40. The van der Waals surface area contributed by atoms with Crippen LogP contribution in [0.1, 0.15) is 19.3 Å². The van der Waals surface area contributed by atoms with E-state index in [1.54, 1.807) is 6.07 Å². The number of carbonyl (C=O) groups excluding carboxylic acids is 2. The predicted molar refractivity (Wildman–Crippen MR) is 88.0 cm³/mol. The Kier molecular flexibility index (Phi) is 4.80. The Balaban J connectivity index is 1.84. The lowest BCUT2D eigenvalue weighted by Crippen LogP contribution is -2.34. The smallest absolute Gasteiger partial charge is 0.277 e. The first-order valence-corrected chi connectivity index (χ1v) is 8.10. The van der Waals surface area contributed by atoms with Crippen LogP contribution in [0.3, 0.4) is 0 Å². The van der Waals surface area contributed by atoms with Crippen molar-refractivity contribution < 1.29 is 19.1 Å². The molecule has 1 aromatic carbocycles. The molecule has 7 heteroatoms. The lowest BCUT2D eigenvalue weighted by molar-refractivity contribution is -0.137. The standard InChI is InChI=1S/C17H20FN3O3/c18-12-4-5-15(20-6-2-1-3-7-20)13(10-12)19-14-11-16(23)21(8-9-22)17(14)24/h4-5,10-11,19,22H,1-3,6-9H2. The van der Waals surface area contributed by atoms with Crippen LogP contribution in [0.25, 0.3) is 0 Å². The number of rotatable bonds is 5. The van der Waals surface area contributed by atoms with E-state index >= 15 is 0 Å². The average molecular weight is 333 g/mol. The number of aliphatic hydroxyl groups is 1. The minimum Gasteiger partial charge on any atom is -0.395 e. The van der Waals surface area contributed by atoms with Gasteiger partial charge < -0.3 is 15.3 Å².